The van der Waals surface area contributed by atoms with Crippen molar-refractivity contribution in [3.63, 3.8) is 0 Å². The molecular formula is C18H20N2NaO6S. The van der Waals surface area contributed by atoms with E-state index >= 15 is 0 Å². The Bertz CT molecular complexity index is 990. The van der Waals surface area contributed by atoms with Crippen molar-refractivity contribution >= 4 is 57.1 Å². The average molecular weight is 415 g/mol. The summed E-state index contributed by atoms with van der Waals surface area (Å²) in [4.78, 5) is 25.5. The number of carbonyl (C=O) groups is 2. The van der Waals surface area contributed by atoms with Crippen molar-refractivity contribution in [1.29, 1.82) is 0 Å². The molecule has 1 fully saturated rings. The molecule has 2 N–H and O–H groups in total. The topological polar surface area (TPSA) is 115 Å². The van der Waals surface area contributed by atoms with E-state index < -0.39 is 40.0 Å². The van der Waals surface area contributed by atoms with Crippen molar-refractivity contribution < 1.29 is 28.2 Å². The zero-order valence-electron chi connectivity index (χ0n) is 15.9. The van der Waals surface area contributed by atoms with Crippen LogP contribution in [-0.4, -0.2) is 83.7 Å². The van der Waals surface area contributed by atoms with Crippen LogP contribution >= 0.6 is 0 Å². The maximum Gasteiger partial charge on any atom is 0.352 e. The van der Waals surface area contributed by atoms with E-state index in [4.69, 9.17) is 0 Å². The summed E-state index contributed by atoms with van der Waals surface area (Å²) in [5, 5.41) is 19.6. The second kappa shape index (κ2) is 7.14. The van der Waals surface area contributed by atoms with Crippen LogP contribution in [0.3, 0.4) is 0 Å². The zero-order valence-corrected chi connectivity index (χ0v) is 18.7. The molecule has 4 rings (SSSR count). The number of carbonyl (C=O) groups excluding carboxylic acids is 1. The standard InChI is InChI=1S/C18H20N2O6S.Na/c1-9-12(7-19-13-6-4-3-5-11(13)8-27(19,25)26)16(18(23)24)20-15(9)14(10(2)21)17(20)22;/h3-6,9-10,14-15,21H,7-8H2,1-2H3,(H,23,24);/t9-,10+,14+,15+;/m0./s1. The Labute approximate surface area is 185 Å². The van der Waals surface area contributed by atoms with E-state index in [1.165, 1.54) is 16.1 Å². The van der Waals surface area contributed by atoms with Crippen LogP contribution in [0.5, 0.6) is 0 Å². The number of amides is 1. The van der Waals surface area contributed by atoms with Gasteiger partial charge in [0.15, 0.2) is 0 Å². The number of sulfonamides is 1. The Morgan fingerprint density at radius 1 is 1.32 bits per heavy atom. The zero-order chi connectivity index (χ0) is 19.7. The Balaban J connectivity index is 0.00000225. The van der Waals surface area contributed by atoms with Crippen LogP contribution in [0.1, 0.15) is 19.4 Å². The van der Waals surface area contributed by atoms with Crippen LogP contribution in [0.25, 0.3) is 0 Å². The molecule has 1 aromatic carbocycles. The molecule has 10 heteroatoms. The van der Waals surface area contributed by atoms with Gasteiger partial charge in [-0.15, -0.1) is 0 Å². The van der Waals surface area contributed by atoms with Gasteiger partial charge in [-0.3, -0.25) is 9.10 Å². The van der Waals surface area contributed by atoms with Gasteiger partial charge in [-0.05, 0) is 24.1 Å². The summed E-state index contributed by atoms with van der Waals surface area (Å²) in [6.07, 6.45) is -0.896. The number of para-hydroxylation sites is 1. The molecule has 4 atom stereocenters. The number of hydrogen-bond donors (Lipinski definition) is 2. The predicted octanol–water partition coefficient (Wildman–Crippen LogP) is 0.152. The molecular weight excluding hydrogens is 395 g/mol. The predicted molar refractivity (Wildman–Crippen MR) is 102 cm³/mol. The maximum atomic E-state index is 12.6. The molecule has 0 spiro atoms. The van der Waals surface area contributed by atoms with E-state index in [9.17, 15) is 28.2 Å². The molecule has 0 bridgehead atoms. The third kappa shape index (κ3) is 2.91. The largest absolute Gasteiger partial charge is 0.477 e. The Kier molecular flexibility index (Phi) is 5.44. The summed E-state index contributed by atoms with van der Waals surface area (Å²) in [5.74, 6) is -2.86. The number of anilines is 1. The Morgan fingerprint density at radius 2 is 1.96 bits per heavy atom. The van der Waals surface area contributed by atoms with Crippen molar-refractivity contribution in [3.05, 3.63) is 41.1 Å². The minimum Gasteiger partial charge on any atom is -0.477 e. The van der Waals surface area contributed by atoms with Crippen LogP contribution in [0, 0.1) is 11.8 Å². The first-order valence-electron chi connectivity index (χ1n) is 8.71. The fourth-order valence-corrected chi connectivity index (χ4v) is 6.10. The molecule has 1 radical (unpaired) electrons. The number of benzene rings is 1. The first kappa shape index (κ1) is 21.3. The average Bonchev–Trinajstić information content (AvgIpc) is 2.97. The molecule has 1 saturated heterocycles. The molecule has 145 valence electrons. The number of β-lactam (4-membered cyclic amide) rings is 1. The summed E-state index contributed by atoms with van der Waals surface area (Å²) < 4.78 is 26.5. The van der Waals surface area contributed by atoms with E-state index in [1.54, 1.807) is 31.2 Å². The van der Waals surface area contributed by atoms with Gasteiger partial charge in [0.1, 0.15) is 5.70 Å². The van der Waals surface area contributed by atoms with Crippen molar-refractivity contribution in [3.8, 4) is 0 Å². The van der Waals surface area contributed by atoms with E-state index in [1.807, 2.05) is 0 Å². The molecule has 28 heavy (non-hydrogen) atoms. The minimum atomic E-state index is -3.61. The van der Waals surface area contributed by atoms with E-state index in [0.29, 0.717) is 16.8 Å². The molecule has 0 unspecified atom stereocenters. The van der Waals surface area contributed by atoms with Crippen LogP contribution in [0.2, 0.25) is 0 Å². The number of aliphatic carboxylic acids is 1. The van der Waals surface area contributed by atoms with E-state index in [0.717, 1.165) is 0 Å². The summed E-state index contributed by atoms with van der Waals surface area (Å²) in [7, 11) is -3.61. The molecule has 8 nitrogen and oxygen atoms in total. The van der Waals surface area contributed by atoms with Gasteiger partial charge in [0, 0.05) is 35.5 Å². The third-order valence-electron chi connectivity index (χ3n) is 5.77. The van der Waals surface area contributed by atoms with Crippen molar-refractivity contribution in [2.75, 3.05) is 10.8 Å². The molecule has 1 aromatic rings. The van der Waals surface area contributed by atoms with E-state index in [-0.39, 0.29) is 53.5 Å². The van der Waals surface area contributed by atoms with Crippen LogP contribution in [-0.2, 0) is 25.4 Å². The number of nitrogens with zero attached hydrogens (tertiary/aromatic N) is 2. The second-order valence-electron chi connectivity index (χ2n) is 7.32. The van der Waals surface area contributed by atoms with Gasteiger partial charge in [0.05, 0.1) is 36.0 Å². The Hall–Kier alpha value is -1.39. The fraction of sp³-hybridized carbons (Fsp3) is 0.444. The monoisotopic (exact) mass is 415 g/mol. The number of hydrogen-bond acceptors (Lipinski definition) is 5. The van der Waals surface area contributed by atoms with Crippen LogP contribution in [0.15, 0.2) is 35.5 Å². The van der Waals surface area contributed by atoms with Crippen molar-refractivity contribution in [2.24, 2.45) is 11.8 Å². The summed E-state index contributed by atoms with van der Waals surface area (Å²) in [6.45, 7) is 3.17. The van der Waals surface area contributed by atoms with E-state index in [2.05, 4.69) is 0 Å². The number of rotatable bonds is 4. The number of aliphatic hydroxyl groups is 1. The van der Waals surface area contributed by atoms with Crippen molar-refractivity contribution in [1.82, 2.24) is 4.90 Å². The number of carboxylic acid groups (broad SMARTS) is 1. The SMILES string of the molecule is C[C@@H](O)[C@H]1C(=O)N2C(C(=O)O)=C(CN3c4ccccc4CS3(=O)=O)[C@H](C)[C@H]12.[Na]. The molecule has 0 saturated carbocycles. The van der Waals surface area contributed by atoms with Gasteiger partial charge in [0.25, 0.3) is 0 Å². The summed E-state index contributed by atoms with van der Waals surface area (Å²) >= 11 is 0. The van der Waals surface area contributed by atoms with Crippen molar-refractivity contribution in [2.45, 2.75) is 31.7 Å². The molecule has 1 amide bonds. The molecule has 3 heterocycles. The van der Waals surface area contributed by atoms with Gasteiger partial charge in [0.2, 0.25) is 15.9 Å². The third-order valence-corrected chi connectivity index (χ3v) is 7.44. The maximum absolute atomic E-state index is 12.6. The second-order valence-corrected chi connectivity index (χ2v) is 9.22. The van der Waals surface area contributed by atoms with Crippen LogP contribution < -0.4 is 4.31 Å². The smallest absolute Gasteiger partial charge is 0.352 e. The molecule has 3 aliphatic rings. The molecule has 0 aromatic heterocycles. The van der Waals surface area contributed by atoms with Gasteiger partial charge in [-0.2, -0.15) is 0 Å². The van der Waals surface area contributed by atoms with Gasteiger partial charge in [-0.25, -0.2) is 13.2 Å². The number of aliphatic hydroxyl groups excluding tert-OH is 1. The minimum absolute atomic E-state index is 0. The molecule has 0 aliphatic carbocycles. The number of fused-ring (bicyclic) bond motifs is 2. The fourth-order valence-electron chi connectivity index (χ4n) is 4.49. The summed E-state index contributed by atoms with van der Waals surface area (Å²) in [6, 6.07) is 6.46. The Morgan fingerprint density at radius 3 is 2.57 bits per heavy atom. The molecule has 3 aliphatic heterocycles. The first-order chi connectivity index (χ1) is 12.6. The quantitative estimate of drug-likeness (QED) is 0.535. The van der Waals surface area contributed by atoms with Crippen LogP contribution in [0.4, 0.5) is 5.69 Å². The summed E-state index contributed by atoms with van der Waals surface area (Å²) in [5.41, 5.74) is 1.44. The first-order valence-corrected chi connectivity index (χ1v) is 10.3. The number of carboxylic acids is 1. The van der Waals surface area contributed by atoms with Gasteiger partial charge >= 0.3 is 5.97 Å². The van der Waals surface area contributed by atoms with Gasteiger partial charge in [-0.1, -0.05) is 25.1 Å². The normalized spacial score (nSPS) is 28.4. The van der Waals surface area contributed by atoms with Gasteiger partial charge < -0.3 is 15.1 Å².